The summed E-state index contributed by atoms with van der Waals surface area (Å²) in [5.41, 5.74) is 0. The smallest absolute Gasteiger partial charge is 0.137 e. The first kappa shape index (κ1) is 11.2. The van der Waals surface area contributed by atoms with Gasteiger partial charge in [-0.05, 0) is 25.9 Å². The lowest BCUT2D eigenvalue weighted by Gasteiger charge is -2.02. The van der Waals surface area contributed by atoms with Crippen molar-refractivity contribution in [2.75, 3.05) is 13.1 Å². The minimum atomic E-state index is 1.00. The Morgan fingerprint density at radius 2 is 2.07 bits per heavy atom. The number of hydrogen-bond acceptors (Lipinski definition) is 3. The number of aromatic nitrogens is 3. The van der Waals surface area contributed by atoms with Gasteiger partial charge < -0.3 is 5.32 Å². The number of unbranched alkanes of at least 4 members (excludes halogenated alkanes) is 3. The molecule has 0 fully saturated rings. The Kier molecular flexibility index (Phi) is 5.99. The molecule has 4 heteroatoms. The number of rotatable bonds is 8. The summed E-state index contributed by atoms with van der Waals surface area (Å²) in [4.78, 5) is 3.90. The molecule has 0 unspecified atom stereocenters. The van der Waals surface area contributed by atoms with Crippen LogP contribution in [0.25, 0.3) is 0 Å². The van der Waals surface area contributed by atoms with E-state index in [1.807, 2.05) is 4.68 Å². The third kappa shape index (κ3) is 4.97. The lowest BCUT2D eigenvalue weighted by atomic mass is 10.2. The van der Waals surface area contributed by atoms with Crippen molar-refractivity contribution < 1.29 is 0 Å². The van der Waals surface area contributed by atoms with E-state index in [9.17, 15) is 0 Å². The molecule has 4 nitrogen and oxygen atoms in total. The average molecular weight is 196 g/mol. The van der Waals surface area contributed by atoms with Crippen LogP contribution in [-0.2, 0) is 6.54 Å². The highest BCUT2D eigenvalue weighted by molar-refractivity contribution is 4.56. The van der Waals surface area contributed by atoms with Gasteiger partial charge in [0.25, 0.3) is 0 Å². The molecule has 0 aliphatic heterocycles. The molecule has 14 heavy (non-hydrogen) atoms. The molecule has 0 aliphatic rings. The van der Waals surface area contributed by atoms with Crippen molar-refractivity contribution in [1.29, 1.82) is 0 Å². The van der Waals surface area contributed by atoms with Crippen LogP contribution in [0, 0.1) is 0 Å². The molecular formula is C10H20N4. The van der Waals surface area contributed by atoms with Gasteiger partial charge in [0.15, 0.2) is 0 Å². The SMILES string of the molecule is CCNCCCCCCn1cncn1. The molecule has 0 radical (unpaired) electrons. The van der Waals surface area contributed by atoms with Crippen molar-refractivity contribution >= 4 is 0 Å². The van der Waals surface area contributed by atoms with Gasteiger partial charge in [0.2, 0.25) is 0 Å². The molecule has 1 N–H and O–H groups in total. The van der Waals surface area contributed by atoms with Gasteiger partial charge in [0.1, 0.15) is 12.7 Å². The van der Waals surface area contributed by atoms with Crippen LogP contribution in [-0.4, -0.2) is 27.9 Å². The highest BCUT2D eigenvalue weighted by atomic mass is 15.3. The molecule has 1 heterocycles. The third-order valence-corrected chi connectivity index (χ3v) is 2.21. The summed E-state index contributed by atoms with van der Waals surface area (Å²) in [6, 6.07) is 0. The zero-order valence-electron chi connectivity index (χ0n) is 8.95. The largest absolute Gasteiger partial charge is 0.317 e. The second-order valence-electron chi connectivity index (χ2n) is 3.43. The molecule has 0 saturated carbocycles. The maximum absolute atomic E-state index is 4.06. The Labute approximate surface area is 85.7 Å². The van der Waals surface area contributed by atoms with Gasteiger partial charge in [-0.1, -0.05) is 19.8 Å². The summed E-state index contributed by atoms with van der Waals surface area (Å²) in [6.07, 6.45) is 8.44. The Morgan fingerprint density at radius 1 is 1.21 bits per heavy atom. The van der Waals surface area contributed by atoms with Gasteiger partial charge in [-0.15, -0.1) is 0 Å². The molecule has 0 saturated heterocycles. The fourth-order valence-corrected chi connectivity index (χ4v) is 1.40. The lowest BCUT2D eigenvalue weighted by Crippen LogP contribution is -2.13. The predicted octanol–water partition coefficient (Wildman–Crippen LogP) is 1.45. The molecular weight excluding hydrogens is 176 g/mol. The first-order chi connectivity index (χ1) is 6.93. The maximum atomic E-state index is 4.06. The first-order valence-electron chi connectivity index (χ1n) is 5.46. The molecule has 0 atom stereocenters. The highest BCUT2D eigenvalue weighted by Crippen LogP contribution is 2.00. The van der Waals surface area contributed by atoms with Crippen LogP contribution in [0.2, 0.25) is 0 Å². The van der Waals surface area contributed by atoms with Crippen LogP contribution < -0.4 is 5.32 Å². The third-order valence-electron chi connectivity index (χ3n) is 2.21. The van der Waals surface area contributed by atoms with Crippen molar-refractivity contribution in [3.05, 3.63) is 12.7 Å². The van der Waals surface area contributed by atoms with E-state index in [1.165, 1.54) is 25.7 Å². The standard InChI is InChI=1S/C10H20N4/c1-2-11-7-5-3-4-6-8-14-10-12-9-13-14/h9-11H,2-8H2,1H3. The monoisotopic (exact) mass is 196 g/mol. The molecule has 0 bridgehead atoms. The van der Waals surface area contributed by atoms with Gasteiger partial charge >= 0.3 is 0 Å². The van der Waals surface area contributed by atoms with E-state index >= 15 is 0 Å². The number of nitrogens with zero attached hydrogens (tertiary/aromatic N) is 3. The Hall–Kier alpha value is -0.900. The number of hydrogen-bond donors (Lipinski definition) is 1. The minimum absolute atomic E-state index is 1.00. The molecule has 0 aliphatic carbocycles. The highest BCUT2D eigenvalue weighted by Gasteiger charge is 1.92. The van der Waals surface area contributed by atoms with Crippen LogP contribution in [0.15, 0.2) is 12.7 Å². The van der Waals surface area contributed by atoms with Crippen molar-refractivity contribution in [3.8, 4) is 0 Å². The van der Waals surface area contributed by atoms with E-state index in [0.29, 0.717) is 0 Å². The predicted molar refractivity (Wildman–Crippen MR) is 57.0 cm³/mol. The van der Waals surface area contributed by atoms with E-state index < -0.39 is 0 Å². The number of aryl methyl sites for hydroxylation is 1. The van der Waals surface area contributed by atoms with Gasteiger partial charge in [-0.2, -0.15) is 5.10 Å². The topological polar surface area (TPSA) is 42.7 Å². The Balaban J connectivity index is 1.85. The van der Waals surface area contributed by atoms with Gasteiger partial charge in [-0.25, -0.2) is 4.98 Å². The molecule has 1 rings (SSSR count). The molecule has 1 aromatic heterocycles. The quantitative estimate of drug-likeness (QED) is 0.640. The number of nitrogens with one attached hydrogen (secondary N) is 1. The molecule has 0 aromatic carbocycles. The summed E-state index contributed by atoms with van der Waals surface area (Å²) in [6.45, 7) is 5.38. The van der Waals surface area contributed by atoms with E-state index in [1.54, 1.807) is 12.7 Å². The van der Waals surface area contributed by atoms with Gasteiger partial charge in [0.05, 0.1) is 0 Å². The summed E-state index contributed by atoms with van der Waals surface area (Å²) in [5, 5.41) is 7.38. The van der Waals surface area contributed by atoms with Crippen LogP contribution >= 0.6 is 0 Å². The van der Waals surface area contributed by atoms with Crippen LogP contribution in [0.4, 0.5) is 0 Å². The van der Waals surface area contributed by atoms with E-state index in [4.69, 9.17) is 0 Å². The average Bonchev–Trinajstić information content (AvgIpc) is 2.69. The minimum Gasteiger partial charge on any atom is -0.317 e. The molecule has 1 aromatic rings. The summed E-state index contributed by atoms with van der Waals surface area (Å²) < 4.78 is 1.89. The molecule has 0 amide bonds. The van der Waals surface area contributed by atoms with E-state index in [-0.39, 0.29) is 0 Å². The van der Waals surface area contributed by atoms with Crippen LogP contribution in [0.3, 0.4) is 0 Å². The van der Waals surface area contributed by atoms with Crippen molar-refractivity contribution in [2.24, 2.45) is 0 Å². The zero-order chi connectivity index (χ0) is 10.1. The van der Waals surface area contributed by atoms with Crippen LogP contribution in [0.5, 0.6) is 0 Å². The molecule has 80 valence electrons. The van der Waals surface area contributed by atoms with Gasteiger partial charge in [0, 0.05) is 6.54 Å². The summed E-state index contributed by atoms with van der Waals surface area (Å²) in [7, 11) is 0. The van der Waals surface area contributed by atoms with Crippen LogP contribution in [0.1, 0.15) is 32.6 Å². The summed E-state index contributed by atoms with van der Waals surface area (Å²) in [5.74, 6) is 0. The first-order valence-corrected chi connectivity index (χ1v) is 5.46. The lowest BCUT2D eigenvalue weighted by molar-refractivity contribution is 0.526. The van der Waals surface area contributed by atoms with E-state index in [2.05, 4.69) is 22.3 Å². The van der Waals surface area contributed by atoms with E-state index in [0.717, 1.165) is 19.6 Å². The fraction of sp³-hybridized carbons (Fsp3) is 0.800. The second kappa shape index (κ2) is 7.50. The Morgan fingerprint density at radius 3 is 2.79 bits per heavy atom. The molecule has 0 spiro atoms. The van der Waals surface area contributed by atoms with Gasteiger partial charge in [-0.3, -0.25) is 4.68 Å². The van der Waals surface area contributed by atoms with Crippen molar-refractivity contribution in [1.82, 2.24) is 20.1 Å². The fourth-order valence-electron chi connectivity index (χ4n) is 1.40. The second-order valence-corrected chi connectivity index (χ2v) is 3.43. The normalized spacial score (nSPS) is 10.6. The maximum Gasteiger partial charge on any atom is 0.137 e. The summed E-state index contributed by atoms with van der Waals surface area (Å²) >= 11 is 0. The van der Waals surface area contributed by atoms with Crippen molar-refractivity contribution in [3.63, 3.8) is 0 Å². The Bertz CT molecular complexity index is 208. The van der Waals surface area contributed by atoms with Crippen molar-refractivity contribution in [2.45, 2.75) is 39.2 Å². The zero-order valence-corrected chi connectivity index (χ0v) is 8.95.